The third kappa shape index (κ3) is 4.58. The number of nitrogens with one attached hydrogen (secondary N) is 1. The van der Waals surface area contributed by atoms with E-state index >= 15 is 0 Å². The van der Waals surface area contributed by atoms with Crippen LogP contribution in [0.5, 0.6) is 5.75 Å². The second-order valence-electron chi connectivity index (χ2n) is 5.49. The Hall–Kier alpha value is -1.32. The van der Waals surface area contributed by atoms with Crippen LogP contribution >= 0.6 is 15.9 Å². The highest BCUT2D eigenvalue weighted by Crippen LogP contribution is 2.20. The van der Waals surface area contributed by atoms with Crippen LogP contribution in [-0.4, -0.2) is 12.6 Å². The zero-order valence-electron chi connectivity index (χ0n) is 12.0. The van der Waals surface area contributed by atoms with Gasteiger partial charge in [-0.15, -0.1) is 0 Å². The van der Waals surface area contributed by atoms with Gasteiger partial charge in [-0.2, -0.15) is 0 Å². The molecule has 1 saturated carbocycles. The normalized spacial score (nSPS) is 14.1. The van der Waals surface area contributed by atoms with Crippen molar-refractivity contribution in [1.29, 1.82) is 0 Å². The third-order valence-electron chi connectivity index (χ3n) is 3.73. The van der Waals surface area contributed by atoms with Crippen LogP contribution in [0.2, 0.25) is 0 Å². The van der Waals surface area contributed by atoms with Crippen molar-refractivity contribution in [2.75, 3.05) is 6.54 Å². The SMILES string of the molecule is Brc1ccc(OCc2ccccc2CCNC2CC2)cc1. The van der Waals surface area contributed by atoms with Crippen LogP contribution in [0.1, 0.15) is 24.0 Å². The number of ether oxygens (including phenoxy) is 1. The first kappa shape index (κ1) is 14.6. The molecule has 0 spiro atoms. The Morgan fingerprint density at radius 2 is 1.71 bits per heavy atom. The molecule has 1 aliphatic carbocycles. The van der Waals surface area contributed by atoms with Crippen LogP contribution in [-0.2, 0) is 13.0 Å². The summed E-state index contributed by atoms with van der Waals surface area (Å²) >= 11 is 3.44. The average molecular weight is 346 g/mol. The summed E-state index contributed by atoms with van der Waals surface area (Å²) in [6, 6.07) is 17.3. The molecule has 1 fully saturated rings. The Morgan fingerprint density at radius 3 is 2.43 bits per heavy atom. The monoisotopic (exact) mass is 345 g/mol. The Labute approximate surface area is 134 Å². The van der Waals surface area contributed by atoms with Crippen molar-refractivity contribution >= 4 is 15.9 Å². The smallest absolute Gasteiger partial charge is 0.119 e. The minimum absolute atomic E-state index is 0.626. The fourth-order valence-corrected chi connectivity index (χ4v) is 2.60. The summed E-state index contributed by atoms with van der Waals surface area (Å²) in [4.78, 5) is 0. The van der Waals surface area contributed by atoms with E-state index in [1.165, 1.54) is 24.0 Å². The summed E-state index contributed by atoms with van der Waals surface area (Å²) in [7, 11) is 0. The second kappa shape index (κ2) is 7.10. The van der Waals surface area contributed by atoms with Crippen molar-refractivity contribution in [3.63, 3.8) is 0 Å². The van der Waals surface area contributed by atoms with Crippen LogP contribution in [0.3, 0.4) is 0 Å². The van der Waals surface area contributed by atoms with Crippen LogP contribution in [0.25, 0.3) is 0 Å². The van der Waals surface area contributed by atoms with E-state index in [0.717, 1.165) is 29.2 Å². The van der Waals surface area contributed by atoms with E-state index < -0.39 is 0 Å². The fourth-order valence-electron chi connectivity index (χ4n) is 2.33. The average Bonchev–Trinajstić information content (AvgIpc) is 3.32. The molecule has 0 unspecified atom stereocenters. The molecule has 3 rings (SSSR count). The zero-order valence-corrected chi connectivity index (χ0v) is 13.6. The molecule has 1 N–H and O–H groups in total. The van der Waals surface area contributed by atoms with Gasteiger partial charge in [-0.1, -0.05) is 40.2 Å². The Balaban J connectivity index is 1.57. The minimum Gasteiger partial charge on any atom is -0.489 e. The largest absolute Gasteiger partial charge is 0.489 e. The van der Waals surface area contributed by atoms with Gasteiger partial charge in [0.2, 0.25) is 0 Å². The molecular weight excluding hydrogens is 326 g/mol. The van der Waals surface area contributed by atoms with Crippen molar-refractivity contribution in [2.45, 2.75) is 31.9 Å². The highest BCUT2D eigenvalue weighted by molar-refractivity contribution is 9.10. The van der Waals surface area contributed by atoms with E-state index in [1.807, 2.05) is 24.3 Å². The second-order valence-corrected chi connectivity index (χ2v) is 6.41. The summed E-state index contributed by atoms with van der Waals surface area (Å²) in [5, 5.41) is 3.57. The summed E-state index contributed by atoms with van der Waals surface area (Å²) in [6.45, 7) is 1.68. The van der Waals surface area contributed by atoms with Crippen molar-refractivity contribution in [3.05, 3.63) is 64.1 Å². The van der Waals surface area contributed by atoms with Gasteiger partial charge in [0.05, 0.1) is 0 Å². The van der Waals surface area contributed by atoms with Crippen molar-refractivity contribution in [2.24, 2.45) is 0 Å². The van der Waals surface area contributed by atoms with E-state index in [0.29, 0.717) is 6.61 Å². The molecule has 1 aliphatic rings. The van der Waals surface area contributed by atoms with E-state index in [1.54, 1.807) is 0 Å². The van der Waals surface area contributed by atoms with E-state index in [9.17, 15) is 0 Å². The first-order valence-electron chi connectivity index (χ1n) is 7.50. The molecular formula is C18H20BrNO. The lowest BCUT2D eigenvalue weighted by Gasteiger charge is -2.11. The molecule has 0 bridgehead atoms. The molecule has 2 aromatic carbocycles. The van der Waals surface area contributed by atoms with Gasteiger partial charge in [-0.25, -0.2) is 0 Å². The summed E-state index contributed by atoms with van der Waals surface area (Å²) in [5.41, 5.74) is 2.65. The first-order chi connectivity index (χ1) is 10.3. The number of benzene rings is 2. The fraction of sp³-hybridized carbons (Fsp3) is 0.333. The maximum absolute atomic E-state index is 5.89. The van der Waals surface area contributed by atoms with E-state index in [-0.39, 0.29) is 0 Å². The number of hydrogen-bond acceptors (Lipinski definition) is 2. The molecule has 21 heavy (non-hydrogen) atoms. The van der Waals surface area contributed by atoms with E-state index in [2.05, 4.69) is 45.5 Å². The molecule has 0 heterocycles. The van der Waals surface area contributed by atoms with Gasteiger partial charge in [-0.3, -0.25) is 0 Å². The Bertz CT molecular complexity index is 578. The lowest BCUT2D eigenvalue weighted by molar-refractivity contribution is 0.305. The molecule has 0 atom stereocenters. The van der Waals surface area contributed by atoms with Crippen LogP contribution in [0, 0.1) is 0 Å². The van der Waals surface area contributed by atoms with E-state index in [4.69, 9.17) is 4.74 Å². The topological polar surface area (TPSA) is 21.3 Å². The van der Waals surface area contributed by atoms with Crippen LogP contribution in [0.15, 0.2) is 53.0 Å². The molecule has 0 aliphatic heterocycles. The quantitative estimate of drug-likeness (QED) is 0.806. The summed E-state index contributed by atoms with van der Waals surface area (Å²) in [5.74, 6) is 0.907. The number of hydrogen-bond donors (Lipinski definition) is 1. The molecule has 0 saturated heterocycles. The van der Waals surface area contributed by atoms with Crippen molar-refractivity contribution in [1.82, 2.24) is 5.32 Å². The highest BCUT2D eigenvalue weighted by Gasteiger charge is 2.19. The molecule has 3 heteroatoms. The predicted octanol–water partition coefficient (Wildman–Crippen LogP) is 4.32. The molecule has 2 nitrogen and oxygen atoms in total. The van der Waals surface area contributed by atoms with Crippen molar-refractivity contribution in [3.8, 4) is 5.75 Å². The lowest BCUT2D eigenvalue weighted by Crippen LogP contribution is -2.19. The standard InChI is InChI=1S/C18H20BrNO/c19-16-5-9-18(10-6-16)21-13-15-4-2-1-3-14(15)11-12-20-17-7-8-17/h1-6,9-10,17,20H,7-8,11-13H2. The van der Waals surface area contributed by atoms with Crippen LogP contribution < -0.4 is 10.1 Å². The molecule has 0 aromatic heterocycles. The number of halogens is 1. The van der Waals surface area contributed by atoms with Gasteiger partial charge >= 0.3 is 0 Å². The molecule has 2 aromatic rings. The minimum atomic E-state index is 0.626. The molecule has 110 valence electrons. The zero-order chi connectivity index (χ0) is 14.5. The number of rotatable bonds is 7. The summed E-state index contributed by atoms with van der Waals surface area (Å²) < 4.78 is 6.96. The van der Waals surface area contributed by atoms with Gasteiger partial charge < -0.3 is 10.1 Å². The molecule has 0 amide bonds. The van der Waals surface area contributed by atoms with Gasteiger partial charge in [0.15, 0.2) is 0 Å². The van der Waals surface area contributed by atoms with Gasteiger partial charge in [0.1, 0.15) is 12.4 Å². The van der Waals surface area contributed by atoms with Gasteiger partial charge in [0, 0.05) is 10.5 Å². The highest BCUT2D eigenvalue weighted by atomic mass is 79.9. The van der Waals surface area contributed by atoms with Gasteiger partial charge in [-0.05, 0) is 61.2 Å². The van der Waals surface area contributed by atoms with Gasteiger partial charge in [0.25, 0.3) is 0 Å². The predicted molar refractivity (Wildman–Crippen MR) is 89.6 cm³/mol. The first-order valence-corrected chi connectivity index (χ1v) is 8.29. The van der Waals surface area contributed by atoms with Crippen molar-refractivity contribution < 1.29 is 4.74 Å². The maximum Gasteiger partial charge on any atom is 0.119 e. The molecule has 0 radical (unpaired) electrons. The Kier molecular flexibility index (Phi) is 4.94. The lowest BCUT2D eigenvalue weighted by atomic mass is 10.1. The Morgan fingerprint density at radius 1 is 1.00 bits per heavy atom. The third-order valence-corrected chi connectivity index (χ3v) is 4.26. The van der Waals surface area contributed by atoms with Crippen LogP contribution in [0.4, 0.5) is 0 Å². The maximum atomic E-state index is 5.89. The summed E-state index contributed by atoms with van der Waals surface area (Å²) in [6.07, 6.45) is 3.75.